The highest BCUT2D eigenvalue weighted by Crippen LogP contribution is 2.27. The van der Waals surface area contributed by atoms with E-state index in [1.807, 2.05) is 13.0 Å². The first-order valence-corrected chi connectivity index (χ1v) is 6.18. The number of rotatable bonds is 2. The number of hydrogen-bond donors (Lipinski definition) is 2. The molecule has 0 bridgehead atoms. The molecule has 2 aromatic rings. The van der Waals surface area contributed by atoms with Gasteiger partial charge >= 0.3 is 0 Å². The largest absolute Gasteiger partial charge is 0.507 e. The molecule has 2 aromatic carbocycles. The molecule has 0 unspecified atom stereocenters. The average molecular weight is 306 g/mol. The Hall–Kier alpha value is -1.81. The molecule has 0 aliphatic rings. The topological polar surface area (TPSA) is 52.8 Å². The Kier molecular flexibility index (Phi) is 3.67. The van der Waals surface area contributed by atoms with Crippen molar-refractivity contribution >= 4 is 27.8 Å². The number of hydrogen-bond acceptors (Lipinski definition) is 3. The number of phenolic OH excluding ortho intramolecular Hbond substituents is 2. The van der Waals surface area contributed by atoms with E-state index in [9.17, 15) is 10.2 Å². The molecule has 0 heterocycles. The first-order valence-electron chi connectivity index (χ1n) is 5.38. The summed E-state index contributed by atoms with van der Waals surface area (Å²) in [5.74, 6) is 0.264. The molecular formula is C14H12BrNO2. The summed E-state index contributed by atoms with van der Waals surface area (Å²) in [5, 5.41) is 19.3. The van der Waals surface area contributed by atoms with Crippen molar-refractivity contribution in [2.24, 2.45) is 4.99 Å². The molecule has 0 spiro atoms. The minimum atomic E-state index is 0.117. The summed E-state index contributed by atoms with van der Waals surface area (Å²) in [4.78, 5) is 4.18. The molecule has 92 valence electrons. The molecule has 3 nitrogen and oxygen atoms in total. The van der Waals surface area contributed by atoms with Gasteiger partial charge in [-0.15, -0.1) is 0 Å². The zero-order valence-electron chi connectivity index (χ0n) is 9.76. The van der Waals surface area contributed by atoms with Crippen LogP contribution in [0.3, 0.4) is 0 Å². The fourth-order valence-electron chi connectivity index (χ4n) is 1.50. The SMILES string of the molecule is Cc1ccc(O)c(N=Cc2cc(Br)ccc2O)c1. The Balaban J connectivity index is 2.35. The van der Waals surface area contributed by atoms with Gasteiger partial charge in [-0.05, 0) is 42.8 Å². The van der Waals surface area contributed by atoms with Gasteiger partial charge in [0, 0.05) is 16.3 Å². The van der Waals surface area contributed by atoms with E-state index in [0.717, 1.165) is 10.0 Å². The van der Waals surface area contributed by atoms with Crippen LogP contribution in [-0.4, -0.2) is 16.4 Å². The van der Waals surface area contributed by atoms with Gasteiger partial charge in [-0.3, -0.25) is 4.99 Å². The highest BCUT2D eigenvalue weighted by Gasteiger charge is 2.01. The van der Waals surface area contributed by atoms with Crippen molar-refractivity contribution in [3.63, 3.8) is 0 Å². The Morgan fingerprint density at radius 3 is 2.56 bits per heavy atom. The van der Waals surface area contributed by atoms with Crippen LogP contribution < -0.4 is 0 Å². The molecule has 4 heteroatoms. The number of phenols is 2. The van der Waals surface area contributed by atoms with E-state index in [1.165, 1.54) is 6.21 Å². The molecule has 0 amide bonds. The number of nitrogens with zero attached hydrogens (tertiary/aromatic N) is 1. The van der Waals surface area contributed by atoms with Crippen LogP contribution in [0.1, 0.15) is 11.1 Å². The Morgan fingerprint density at radius 1 is 1.06 bits per heavy atom. The number of benzene rings is 2. The molecule has 0 radical (unpaired) electrons. The van der Waals surface area contributed by atoms with E-state index in [1.54, 1.807) is 30.3 Å². The van der Waals surface area contributed by atoms with Crippen LogP contribution in [0.5, 0.6) is 11.5 Å². The van der Waals surface area contributed by atoms with Crippen LogP contribution in [0.4, 0.5) is 5.69 Å². The van der Waals surface area contributed by atoms with Gasteiger partial charge in [-0.1, -0.05) is 22.0 Å². The lowest BCUT2D eigenvalue weighted by Crippen LogP contribution is -1.82. The first-order chi connectivity index (χ1) is 8.56. The second-order valence-electron chi connectivity index (χ2n) is 3.95. The fourth-order valence-corrected chi connectivity index (χ4v) is 1.88. The minimum Gasteiger partial charge on any atom is -0.507 e. The van der Waals surface area contributed by atoms with Gasteiger partial charge in [0.1, 0.15) is 17.2 Å². The van der Waals surface area contributed by atoms with E-state index in [-0.39, 0.29) is 11.5 Å². The summed E-state index contributed by atoms with van der Waals surface area (Å²) < 4.78 is 0.857. The van der Waals surface area contributed by atoms with Crippen LogP contribution in [0, 0.1) is 6.92 Å². The maximum absolute atomic E-state index is 9.66. The number of halogens is 1. The van der Waals surface area contributed by atoms with Crippen molar-refractivity contribution in [2.75, 3.05) is 0 Å². The second-order valence-corrected chi connectivity index (χ2v) is 4.87. The predicted molar refractivity (Wildman–Crippen MR) is 75.9 cm³/mol. The van der Waals surface area contributed by atoms with E-state index in [0.29, 0.717) is 11.3 Å². The molecule has 0 aliphatic carbocycles. The van der Waals surface area contributed by atoms with Gasteiger partial charge in [0.15, 0.2) is 0 Å². The minimum absolute atomic E-state index is 0.117. The lowest BCUT2D eigenvalue weighted by Gasteiger charge is -2.01. The Morgan fingerprint density at radius 2 is 1.78 bits per heavy atom. The lowest BCUT2D eigenvalue weighted by molar-refractivity contribution is 0.474. The summed E-state index contributed by atoms with van der Waals surface area (Å²) in [6.07, 6.45) is 1.52. The van der Waals surface area contributed by atoms with E-state index in [2.05, 4.69) is 20.9 Å². The van der Waals surface area contributed by atoms with Crippen LogP contribution in [0.2, 0.25) is 0 Å². The van der Waals surface area contributed by atoms with Gasteiger partial charge in [-0.25, -0.2) is 0 Å². The highest BCUT2D eigenvalue weighted by atomic mass is 79.9. The van der Waals surface area contributed by atoms with Gasteiger partial charge < -0.3 is 10.2 Å². The zero-order valence-corrected chi connectivity index (χ0v) is 11.3. The maximum Gasteiger partial charge on any atom is 0.141 e. The molecule has 2 N–H and O–H groups in total. The summed E-state index contributed by atoms with van der Waals surface area (Å²) in [6, 6.07) is 10.3. The van der Waals surface area contributed by atoms with E-state index < -0.39 is 0 Å². The highest BCUT2D eigenvalue weighted by molar-refractivity contribution is 9.10. The third-order valence-electron chi connectivity index (χ3n) is 2.46. The van der Waals surface area contributed by atoms with Crippen molar-refractivity contribution in [3.05, 3.63) is 52.0 Å². The van der Waals surface area contributed by atoms with Gasteiger partial charge in [0.25, 0.3) is 0 Å². The van der Waals surface area contributed by atoms with Gasteiger partial charge in [0.05, 0.1) is 0 Å². The van der Waals surface area contributed by atoms with Crippen molar-refractivity contribution < 1.29 is 10.2 Å². The third kappa shape index (κ3) is 2.90. The molecule has 0 saturated carbocycles. The molecule has 0 atom stereocenters. The summed E-state index contributed by atoms with van der Waals surface area (Å²) >= 11 is 3.33. The second kappa shape index (κ2) is 5.23. The fraction of sp³-hybridized carbons (Fsp3) is 0.0714. The van der Waals surface area contributed by atoms with Crippen LogP contribution in [0.15, 0.2) is 45.9 Å². The lowest BCUT2D eigenvalue weighted by atomic mass is 10.2. The monoisotopic (exact) mass is 305 g/mol. The summed E-state index contributed by atoms with van der Waals surface area (Å²) in [7, 11) is 0. The maximum atomic E-state index is 9.66. The smallest absolute Gasteiger partial charge is 0.141 e. The van der Waals surface area contributed by atoms with Crippen LogP contribution in [-0.2, 0) is 0 Å². The summed E-state index contributed by atoms with van der Waals surface area (Å²) in [5.41, 5.74) is 2.08. The van der Waals surface area contributed by atoms with E-state index >= 15 is 0 Å². The average Bonchev–Trinajstić information content (AvgIpc) is 2.34. The normalized spacial score (nSPS) is 11.0. The van der Waals surface area contributed by atoms with Crippen molar-refractivity contribution in [1.29, 1.82) is 0 Å². The molecule has 0 aliphatic heterocycles. The van der Waals surface area contributed by atoms with Crippen LogP contribution in [0.25, 0.3) is 0 Å². The van der Waals surface area contributed by atoms with Crippen molar-refractivity contribution in [1.82, 2.24) is 0 Å². The van der Waals surface area contributed by atoms with Crippen molar-refractivity contribution in [3.8, 4) is 11.5 Å². The predicted octanol–water partition coefficient (Wildman–Crippen LogP) is 3.92. The summed E-state index contributed by atoms with van der Waals surface area (Å²) in [6.45, 7) is 1.93. The molecule has 18 heavy (non-hydrogen) atoms. The number of aliphatic imine (C=N–C) groups is 1. The third-order valence-corrected chi connectivity index (χ3v) is 2.96. The zero-order chi connectivity index (χ0) is 13.1. The standard InChI is InChI=1S/C14H12BrNO2/c1-9-2-4-14(18)12(6-9)16-8-10-7-11(15)3-5-13(10)17/h2-8,17-18H,1H3. The van der Waals surface area contributed by atoms with Crippen LogP contribution >= 0.6 is 15.9 Å². The quantitative estimate of drug-likeness (QED) is 0.826. The van der Waals surface area contributed by atoms with Crippen molar-refractivity contribution in [2.45, 2.75) is 6.92 Å². The molecule has 2 rings (SSSR count). The number of aryl methyl sites for hydroxylation is 1. The van der Waals surface area contributed by atoms with Gasteiger partial charge in [0.2, 0.25) is 0 Å². The number of aromatic hydroxyl groups is 2. The molecule has 0 aromatic heterocycles. The molecule has 0 fully saturated rings. The van der Waals surface area contributed by atoms with E-state index in [4.69, 9.17) is 0 Å². The molecular weight excluding hydrogens is 294 g/mol. The first kappa shape index (κ1) is 12.6. The Labute approximate surface area is 114 Å². The molecule has 0 saturated heterocycles. The Bertz CT molecular complexity index is 555. The van der Waals surface area contributed by atoms with Gasteiger partial charge in [-0.2, -0.15) is 0 Å².